The highest BCUT2D eigenvalue weighted by atomic mass is 32.2. The van der Waals surface area contributed by atoms with Gasteiger partial charge in [0.2, 0.25) is 0 Å². The average Bonchev–Trinajstić information content (AvgIpc) is 2.15. The van der Waals surface area contributed by atoms with Gasteiger partial charge in [-0.3, -0.25) is 0 Å². The Labute approximate surface area is 102 Å². The third-order valence-corrected chi connectivity index (χ3v) is 3.71. The maximum atomic E-state index is 11.5. The van der Waals surface area contributed by atoms with E-state index in [9.17, 15) is 8.42 Å². The first kappa shape index (κ1) is 13.6. The predicted molar refractivity (Wildman–Crippen MR) is 69.8 cm³/mol. The Morgan fingerprint density at radius 2 is 2.18 bits per heavy atom. The number of rotatable bonds is 6. The summed E-state index contributed by atoms with van der Waals surface area (Å²) in [5.74, 6) is 0.567. The van der Waals surface area contributed by atoms with Crippen LogP contribution in [0.25, 0.3) is 0 Å². The van der Waals surface area contributed by atoms with Crippen molar-refractivity contribution in [2.45, 2.75) is 6.92 Å². The van der Waals surface area contributed by atoms with Gasteiger partial charge in [0.25, 0.3) is 0 Å². The molecule has 0 aliphatic carbocycles. The van der Waals surface area contributed by atoms with E-state index >= 15 is 0 Å². The molecule has 0 spiro atoms. The molecule has 0 aliphatic rings. The van der Waals surface area contributed by atoms with Crippen molar-refractivity contribution >= 4 is 15.5 Å². The quantitative estimate of drug-likeness (QED) is 0.619. The summed E-state index contributed by atoms with van der Waals surface area (Å²) in [4.78, 5) is 0. The van der Waals surface area contributed by atoms with Gasteiger partial charge in [0.1, 0.15) is 12.4 Å². The number of hydrogen-bond donors (Lipinski definition) is 1. The topological polar surface area (TPSA) is 69.4 Å². The van der Waals surface area contributed by atoms with Gasteiger partial charge in [-0.25, -0.2) is 8.42 Å². The largest absolute Gasteiger partial charge is 0.492 e. The first-order valence-electron chi connectivity index (χ1n) is 5.22. The van der Waals surface area contributed by atoms with Crippen molar-refractivity contribution < 1.29 is 13.2 Å². The number of nitrogen functional groups attached to an aromatic ring is 1. The lowest BCUT2D eigenvalue weighted by atomic mass is 10.3. The van der Waals surface area contributed by atoms with Gasteiger partial charge in [0.15, 0.2) is 9.84 Å². The highest BCUT2D eigenvalue weighted by molar-refractivity contribution is 7.91. The van der Waals surface area contributed by atoms with Crippen LogP contribution < -0.4 is 10.5 Å². The molecule has 94 valence electrons. The number of benzene rings is 1. The van der Waals surface area contributed by atoms with Gasteiger partial charge in [0.05, 0.1) is 11.5 Å². The number of hydrogen-bond acceptors (Lipinski definition) is 4. The minimum absolute atomic E-state index is 0.00723. The van der Waals surface area contributed by atoms with Gasteiger partial charge in [-0.2, -0.15) is 0 Å². The molecule has 5 heteroatoms. The molecule has 0 aliphatic heterocycles. The lowest BCUT2D eigenvalue weighted by molar-refractivity contribution is 0.341. The number of sulfone groups is 1. The fourth-order valence-corrected chi connectivity index (χ4v) is 2.57. The third-order valence-electron chi connectivity index (χ3n) is 1.99. The molecule has 0 saturated carbocycles. The van der Waals surface area contributed by atoms with E-state index in [1.165, 1.54) is 0 Å². The molecule has 0 saturated heterocycles. The minimum atomic E-state index is -3.12. The molecule has 0 bridgehead atoms. The normalized spacial score (nSPS) is 11.1. The maximum absolute atomic E-state index is 11.5. The van der Waals surface area contributed by atoms with Gasteiger partial charge < -0.3 is 10.5 Å². The molecule has 0 heterocycles. The standard InChI is InChI=1S/C12H17NO3S/c1-10(2)9-17(14,15)7-6-16-12-5-3-4-11(13)8-12/h3-5,8H,1,6-7,9,13H2,2H3. The molecule has 1 aromatic rings. The van der Waals surface area contributed by atoms with Crippen LogP contribution >= 0.6 is 0 Å². The summed E-state index contributed by atoms with van der Waals surface area (Å²) in [5.41, 5.74) is 6.80. The summed E-state index contributed by atoms with van der Waals surface area (Å²) in [6.07, 6.45) is 0. The number of anilines is 1. The summed E-state index contributed by atoms with van der Waals surface area (Å²) < 4.78 is 28.4. The van der Waals surface area contributed by atoms with Crippen LogP contribution in [-0.2, 0) is 9.84 Å². The Hall–Kier alpha value is -1.49. The maximum Gasteiger partial charge on any atom is 0.157 e. The van der Waals surface area contributed by atoms with Gasteiger partial charge in [-0.15, -0.1) is 0 Å². The van der Waals surface area contributed by atoms with Crippen molar-refractivity contribution in [3.8, 4) is 5.75 Å². The summed E-state index contributed by atoms with van der Waals surface area (Å²) in [7, 11) is -3.12. The van der Waals surface area contributed by atoms with Crippen molar-refractivity contribution in [2.24, 2.45) is 0 Å². The highest BCUT2D eigenvalue weighted by Gasteiger charge is 2.10. The van der Waals surface area contributed by atoms with E-state index in [1.54, 1.807) is 31.2 Å². The number of nitrogens with two attached hydrogens (primary N) is 1. The first-order valence-corrected chi connectivity index (χ1v) is 7.04. The average molecular weight is 255 g/mol. The molecule has 4 nitrogen and oxygen atoms in total. The fourth-order valence-electron chi connectivity index (χ4n) is 1.34. The van der Waals surface area contributed by atoms with Crippen LogP contribution in [0.4, 0.5) is 5.69 Å². The van der Waals surface area contributed by atoms with Crippen LogP contribution in [0.2, 0.25) is 0 Å². The lowest BCUT2D eigenvalue weighted by Gasteiger charge is -2.07. The smallest absolute Gasteiger partial charge is 0.157 e. The van der Waals surface area contributed by atoms with Gasteiger partial charge in [-0.05, 0) is 19.1 Å². The molecule has 0 unspecified atom stereocenters. The molecule has 0 fully saturated rings. The molecular formula is C12H17NO3S. The second kappa shape index (κ2) is 5.72. The van der Waals surface area contributed by atoms with Crippen molar-refractivity contribution in [3.05, 3.63) is 36.4 Å². The second-order valence-corrected chi connectivity index (χ2v) is 6.15. The van der Waals surface area contributed by atoms with Crippen LogP contribution in [0.3, 0.4) is 0 Å². The zero-order valence-corrected chi connectivity index (χ0v) is 10.7. The van der Waals surface area contributed by atoms with Crippen molar-refractivity contribution in [3.63, 3.8) is 0 Å². The second-order valence-electron chi connectivity index (χ2n) is 3.97. The van der Waals surface area contributed by atoms with E-state index < -0.39 is 9.84 Å². The molecule has 2 N–H and O–H groups in total. The van der Waals surface area contributed by atoms with Crippen LogP contribution in [0, 0.1) is 0 Å². The van der Waals surface area contributed by atoms with E-state index in [-0.39, 0.29) is 18.1 Å². The molecule has 0 amide bonds. The summed E-state index contributed by atoms with van der Waals surface area (Å²) in [6, 6.07) is 6.89. The van der Waals surface area contributed by atoms with Crippen LogP contribution in [0.5, 0.6) is 5.75 Å². The highest BCUT2D eigenvalue weighted by Crippen LogP contribution is 2.14. The summed E-state index contributed by atoms with van der Waals surface area (Å²) >= 11 is 0. The predicted octanol–water partition coefficient (Wildman–Crippen LogP) is 1.64. The zero-order valence-electron chi connectivity index (χ0n) is 9.85. The van der Waals surface area contributed by atoms with Crippen LogP contribution in [0.15, 0.2) is 36.4 Å². The molecule has 1 rings (SSSR count). The van der Waals surface area contributed by atoms with E-state index in [0.717, 1.165) is 0 Å². The van der Waals surface area contributed by atoms with Crippen molar-refractivity contribution in [2.75, 3.05) is 23.8 Å². The lowest BCUT2D eigenvalue weighted by Crippen LogP contribution is -2.17. The van der Waals surface area contributed by atoms with Crippen molar-refractivity contribution in [1.82, 2.24) is 0 Å². The molecular weight excluding hydrogens is 238 g/mol. The Morgan fingerprint density at radius 3 is 2.76 bits per heavy atom. The zero-order chi connectivity index (χ0) is 12.9. The Morgan fingerprint density at radius 1 is 1.47 bits per heavy atom. The molecule has 17 heavy (non-hydrogen) atoms. The van der Waals surface area contributed by atoms with Crippen LogP contribution in [-0.4, -0.2) is 26.5 Å². The Balaban J connectivity index is 2.45. The molecule has 0 radical (unpaired) electrons. The molecule has 0 atom stereocenters. The van der Waals surface area contributed by atoms with Crippen LogP contribution in [0.1, 0.15) is 6.92 Å². The summed E-state index contributed by atoms with van der Waals surface area (Å²) in [6.45, 7) is 5.40. The third kappa shape index (κ3) is 5.40. The van der Waals surface area contributed by atoms with Gasteiger partial charge in [0, 0.05) is 11.8 Å². The van der Waals surface area contributed by atoms with E-state index in [1.807, 2.05) is 0 Å². The van der Waals surface area contributed by atoms with Crippen molar-refractivity contribution in [1.29, 1.82) is 0 Å². The number of ether oxygens (including phenoxy) is 1. The van der Waals surface area contributed by atoms with Gasteiger partial charge >= 0.3 is 0 Å². The van der Waals surface area contributed by atoms with E-state index in [4.69, 9.17) is 10.5 Å². The van der Waals surface area contributed by atoms with E-state index in [2.05, 4.69) is 6.58 Å². The minimum Gasteiger partial charge on any atom is -0.492 e. The Kier molecular flexibility index (Phi) is 4.57. The summed E-state index contributed by atoms with van der Waals surface area (Å²) in [5, 5.41) is 0. The Bertz CT molecular complexity index is 494. The van der Waals surface area contributed by atoms with Gasteiger partial charge in [-0.1, -0.05) is 18.2 Å². The SMILES string of the molecule is C=C(C)CS(=O)(=O)CCOc1cccc(N)c1. The molecule has 1 aromatic carbocycles. The first-order chi connectivity index (χ1) is 7.89. The molecule has 0 aromatic heterocycles. The fraction of sp³-hybridized carbons (Fsp3) is 0.333. The van der Waals surface area contributed by atoms with E-state index in [0.29, 0.717) is 17.0 Å². The monoisotopic (exact) mass is 255 g/mol.